The fourth-order valence-corrected chi connectivity index (χ4v) is 4.42. The second kappa shape index (κ2) is 8.87. The molecule has 1 aliphatic rings. The summed E-state index contributed by atoms with van der Waals surface area (Å²) in [6.45, 7) is 3.19. The van der Waals surface area contributed by atoms with E-state index in [2.05, 4.69) is 19.1 Å². The highest BCUT2D eigenvalue weighted by Crippen LogP contribution is 2.37. The van der Waals surface area contributed by atoms with Crippen molar-refractivity contribution in [3.8, 4) is 0 Å². The molecule has 1 amide bonds. The van der Waals surface area contributed by atoms with Crippen LogP contribution in [0, 0.1) is 0 Å². The Morgan fingerprint density at radius 3 is 2.39 bits per heavy atom. The van der Waals surface area contributed by atoms with E-state index >= 15 is 0 Å². The van der Waals surface area contributed by atoms with Gasteiger partial charge >= 0.3 is 0 Å². The zero-order valence-electron chi connectivity index (χ0n) is 18.6. The summed E-state index contributed by atoms with van der Waals surface area (Å²) in [4.78, 5) is 33.4. The van der Waals surface area contributed by atoms with Gasteiger partial charge in [-0.3, -0.25) is 14.2 Å². The topological polar surface area (TPSA) is 55.2 Å². The molecule has 1 aromatic heterocycles. The molecular formula is C28H25N3O2. The molecule has 0 bridgehead atoms. The van der Waals surface area contributed by atoms with Crippen LogP contribution in [0.2, 0.25) is 0 Å². The van der Waals surface area contributed by atoms with Crippen LogP contribution in [0.25, 0.3) is 22.6 Å². The second-order valence-electron chi connectivity index (χ2n) is 8.21. The molecule has 0 saturated carbocycles. The molecule has 33 heavy (non-hydrogen) atoms. The molecule has 0 unspecified atom stereocenters. The third-order valence-electron chi connectivity index (χ3n) is 6.04. The Morgan fingerprint density at radius 1 is 0.848 bits per heavy atom. The smallest absolute Gasteiger partial charge is 0.261 e. The molecule has 0 saturated heterocycles. The molecule has 0 radical (unpaired) electrons. The summed E-state index contributed by atoms with van der Waals surface area (Å²) in [5.41, 5.74) is 4.06. The molecular weight excluding hydrogens is 410 g/mol. The number of carbonyl (C=O) groups excluding carboxylic acids is 1. The molecule has 4 aromatic rings. The summed E-state index contributed by atoms with van der Waals surface area (Å²) < 4.78 is 1.70. The number of aryl methyl sites for hydroxylation is 1. The van der Waals surface area contributed by atoms with Gasteiger partial charge in [0, 0.05) is 18.7 Å². The second-order valence-corrected chi connectivity index (χ2v) is 8.21. The molecule has 3 aromatic carbocycles. The zero-order valence-corrected chi connectivity index (χ0v) is 18.6. The quantitative estimate of drug-likeness (QED) is 0.403. The minimum absolute atomic E-state index is 0.0462. The number of benzene rings is 3. The Hall–Kier alpha value is -3.99. The number of nitrogens with zero attached hydrogens (tertiary/aromatic N) is 3. The first kappa shape index (κ1) is 20.9. The molecule has 164 valence electrons. The van der Waals surface area contributed by atoms with Crippen molar-refractivity contribution in [2.75, 3.05) is 11.4 Å². The fraction of sp³-hybridized carbons (Fsp3) is 0.179. The third-order valence-corrected chi connectivity index (χ3v) is 6.04. The highest BCUT2D eigenvalue weighted by atomic mass is 16.2. The number of rotatable bonds is 6. The van der Waals surface area contributed by atoms with Crippen LogP contribution >= 0.6 is 0 Å². The molecule has 5 heteroatoms. The Labute approximate surface area is 192 Å². The van der Waals surface area contributed by atoms with E-state index in [1.165, 1.54) is 0 Å². The monoisotopic (exact) mass is 435 g/mol. The lowest BCUT2D eigenvalue weighted by Gasteiger charge is -2.15. The minimum atomic E-state index is -0.0903. The molecule has 5 rings (SSSR count). The standard InChI is InChI=1S/C28H25N3O2/c1-2-17-30-25-15-9-7-12-21(25)23(28(30)33)19-26-29-24-14-8-6-13-22(24)27(32)31(26)18-16-20-10-4-3-5-11-20/h3-15,19H,2,16-18H2,1H3. The lowest BCUT2D eigenvalue weighted by Crippen LogP contribution is -2.27. The number of amides is 1. The molecule has 0 N–H and O–H groups in total. The maximum atomic E-state index is 13.4. The van der Waals surface area contributed by atoms with Gasteiger partial charge in [-0.15, -0.1) is 0 Å². The van der Waals surface area contributed by atoms with Crippen molar-refractivity contribution in [1.82, 2.24) is 9.55 Å². The number of fused-ring (bicyclic) bond motifs is 2. The summed E-state index contributed by atoms with van der Waals surface area (Å²) in [6.07, 6.45) is 3.35. The van der Waals surface area contributed by atoms with Crippen molar-refractivity contribution in [3.63, 3.8) is 0 Å². The van der Waals surface area contributed by atoms with Crippen molar-refractivity contribution in [2.45, 2.75) is 26.3 Å². The first-order chi connectivity index (χ1) is 16.2. The van der Waals surface area contributed by atoms with Crippen LogP contribution < -0.4 is 10.5 Å². The first-order valence-electron chi connectivity index (χ1n) is 11.3. The van der Waals surface area contributed by atoms with Crippen molar-refractivity contribution in [2.24, 2.45) is 0 Å². The SMILES string of the molecule is CCCN1C(=O)C(=Cc2nc3ccccc3c(=O)n2CCc2ccccc2)c2ccccc21. The van der Waals surface area contributed by atoms with Crippen LogP contribution in [-0.4, -0.2) is 22.0 Å². The van der Waals surface area contributed by atoms with E-state index in [-0.39, 0.29) is 11.5 Å². The molecule has 0 aliphatic carbocycles. The third kappa shape index (κ3) is 3.87. The van der Waals surface area contributed by atoms with E-state index in [4.69, 9.17) is 4.98 Å². The summed E-state index contributed by atoms with van der Waals surface area (Å²) in [5, 5.41) is 0.582. The van der Waals surface area contributed by atoms with Gasteiger partial charge in [0.25, 0.3) is 11.5 Å². The zero-order chi connectivity index (χ0) is 22.8. The van der Waals surface area contributed by atoms with Gasteiger partial charge in [0.2, 0.25) is 0 Å². The van der Waals surface area contributed by atoms with E-state index in [1.807, 2.05) is 65.6 Å². The normalized spacial score (nSPS) is 14.3. The van der Waals surface area contributed by atoms with Gasteiger partial charge in [-0.05, 0) is 42.7 Å². The molecule has 5 nitrogen and oxygen atoms in total. The van der Waals surface area contributed by atoms with Crippen molar-refractivity contribution < 1.29 is 4.79 Å². The van der Waals surface area contributed by atoms with E-state index in [0.29, 0.717) is 41.8 Å². The highest BCUT2D eigenvalue weighted by molar-refractivity contribution is 6.35. The van der Waals surface area contributed by atoms with Gasteiger partial charge in [0.1, 0.15) is 5.82 Å². The van der Waals surface area contributed by atoms with Gasteiger partial charge in [-0.2, -0.15) is 0 Å². The maximum Gasteiger partial charge on any atom is 0.261 e. The molecule has 0 spiro atoms. The van der Waals surface area contributed by atoms with Crippen LogP contribution in [0.4, 0.5) is 5.69 Å². The predicted molar refractivity (Wildman–Crippen MR) is 133 cm³/mol. The van der Waals surface area contributed by atoms with Crippen LogP contribution in [0.5, 0.6) is 0 Å². The lowest BCUT2D eigenvalue weighted by molar-refractivity contribution is -0.113. The summed E-state index contributed by atoms with van der Waals surface area (Å²) in [5.74, 6) is 0.459. The fourth-order valence-electron chi connectivity index (χ4n) is 4.42. The van der Waals surface area contributed by atoms with Crippen LogP contribution in [0.3, 0.4) is 0 Å². The Bertz CT molecular complexity index is 1420. The van der Waals surface area contributed by atoms with Gasteiger partial charge < -0.3 is 4.90 Å². The van der Waals surface area contributed by atoms with E-state index in [1.54, 1.807) is 16.7 Å². The first-order valence-corrected chi connectivity index (χ1v) is 11.3. The highest BCUT2D eigenvalue weighted by Gasteiger charge is 2.31. The molecule has 0 atom stereocenters. The van der Waals surface area contributed by atoms with Crippen molar-refractivity contribution in [1.29, 1.82) is 0 Å². The number of aromatic nitrogens is 2. The minimum Gasteiger partial charge on any atom is -0.308 e. The number of anilines is 1. The van der Waals surface area contributed by atoms with E-state index in [0.717, 1.165) is 23.2 Å². The lowest BCUT2D eigenvalue weighted by atomic mass is 10.1. The number of hydrogen-bond acceptors (Lipinski definition) is 3. The molecule has 0 fully saturated rings. The van der Waals surface area contributed by atoms with Gasteiger partial charge in [0.15, 0.2) is 0 Å². The Balaban J connectivity index is 1.65. The van der Waals surface area contributed by atoms with Crippen molar-refractivity contribution >= 4 is 34.1 Å². The van der Waals surface area contributed by atoms with Crippen LogP contribution in [0.1, 0.15) is 30.3 Å². The maximum absolute atomic E-state index is 13.4. The average Bonchev–Trinajstić information content (AvgIpc) is 3.11. The Kier molecular flexibility index (Phi) is 5.61. The van der Waals surface area contributed by atoms with Crippen LogP contribution in [0.15, 0.2) is 83.7 Å². The summed E-state index contributed by atoms with van der Waals surface area (Å²) in [6, 6.07) is 25.3. The average molecular weight is 436 g/mol. The summed E-state index contributed by atoms with van der Waals surface area (Å²) >= 11 is 0. The predicted octanol–water partition coefficient (Wildman–Crippen LogP) is 4.94. The largest absolute Gasteiger partial charge is 0.308 e. The van der Waals surface area contributed by atoms with E-state index in [9.17, 15) is 9.59 Å². The summed E-state index contributed by atoms with van der Waals surface area (Å²) in [7, 11) is 0. The van der Waals surface area contributed by atoms with E-state index < -0.39 is 0 Å². The van der Waals surface area contributed by atoms with Crippen LogP contribution in [-0.2, 0) is 17.8 Å². The molecule has 1 aliphatic heterocycles. The number of para-hydroxylation sites is 2. The number of carbonyl (C=O) groups is 1. The molecule has 2 heterocycles. The number of hydrogen-bond donors (Lipinski definition) is 0. The van der Waals surface area contributed by atoms with Gasteiger partial charge in [0.05, 0.1) is 22.2 Å². The van der Waals surface area contributed by atoms with Gasteiger partial charge in [-0.1, -0.05) is 67.6 Å². The van der Waals surface area contributed by atoms with Gasteiger partial charge in [-0.25, -0.2) is 4.98 Å². The van der Waals surface area contributed by atoms with Crippen molar-refractivity contribution in [3.05, 3.63) is 106 Å². The Morgan fingerprint density at radius 2 is 1.58 bits per heavy atom.